The molecule has 1 aliphatic heterocycles. The Hall–Kier alpha value is -3.14. The SMILES string of the molecule is CCc1nccn1CCCOc1ccc(CN2CCOC[C@](O)(COc3ccc(F)c(C)c3)C2)cc1OC. The van der Waals surface area contributed by atoms with Crippen LogP contribution in [0.15, 0.2) is 48.8 Å². The van der Waals surface area contributed by atoms with Crippen LogP contribution in [0, 0.1) is 12.7 Å². The van der Waals surface area contributed by atoms with Crippen LogP contribution in [0.25, 0.3) is 0 Å². The zero-order chi connectivity index (χ0) is 27.0. The Kier molecular flexibility index (Phi) is 9.60. The van der Waals surface area contributed by atoms with E-state index in [-0.39, 0.29) is 19.0 Å². The smallest absolute Gasteiger partial charge is 0.161 e. The molecule has 0 spiro atoms. The molecule has 4 rings (SSSR count). The van der Waals surface area contributed by atoms with E-state index >= 15 is 0 Å². The molecule has 1 N–H and O–H groups in total. The van der Waals surface area contributed by atoms with Crippen molar-refractivity contribution >= 4 is 0 Å². The largest absolute Gasteiger partial charge is 0.493 e. The van der Waals surface area contributed by atoms with Crippen LogP contribution in [0.2, 0.25) is 0 Å². The van der Waals surface area contributed by atoms with Crippen molar-refractivity contribution in [2.24, 2.45) is 0 Å². The minimum atomic E-state index is -1.20. The van der Waals surface area contributed by atoms with Crippen LogP contribution in [0.1, 0.15) is 30.3 Å². The third-order valence-electron chi connectivity index (χ3n) is 6.63. The van der Waals surface area contributed by atoms with Crippen molar-refractivity contribution in [3.8, 4) is 17.2 Å². The molecule has 2 heterocycles. The first-order valence-electron chi connectivity index (χ1n) is 13.1. The van der Waals surface area contributed by atoms with Crippen LogP contribution in [-0.4, -0.2) is 71.8 Å². The lowest BCUT2D eigenvalue weighted by Crippen LogP contribution is -2.48. The zero-order valence-corrected chi connectivity index (χ0v) is 22.5. The number of β-amino-alcohol motifs (C(OH)–C–C–N with tert-alkyl or cyclic N) is 1. The summed E-state index contributed by atoms with van der Waals surface area (Å²) in [4.78, 5) is 6.49. The van der Waals surface area contributed by atoms with E-state index in [4.69, 9.17) is 18.9 Å². The lowest BCUT2D eigenvalue weighted by molar-refractivity contribution is -0.0646. The number of methoxy groups -OCH3 is 1. The number of halogens is 1. The van der Waals surface area contributed by atoms with Crippen LogP contribution in [0.3, 0.4) is 0 Å². The van der Waals surface area contributed by atoms with Gasteiger partial charge in [0.15, 0.2) is 11.5 Å². The molecule has 1 aromatic heterocycles. The van der Waals surface area contributed by atoms with Gasteiger partial charge in [-0.15, -0.1) is 0 Å². The lowest BCUT2D eigenvalue weighted by Gasteiger charge is -2.30. The van der Waals surface area contributed by atoms with Crippen LogP contribution < -0.4 is 14.2 Å². The van der Waals surface area contributed by atoms with Crippen LogP contribution in [0.5, 0.6) is 17.2 Å². The summed E-state index contributed by atoms with van der Waals surface area (Å²) in [7, 11) is 1.64. The number of ether oxygens (including phenoxy) is 4. The van der Waals surface area contributed by atoms with E-state index in [9.17, 15) is 9.50 Å². The number of imidazole rings is 1. The second-order valence-electron chi connectivity index (χ2n) is 9.76. The number of rotatable bonds is 12. The van der Waals surface area contributed by atoms with Gasteiger partial charge in [0.05, 0.1) is 26.9 Å². The van der Waals surface area contributed by atoms with Gasteiger partial charge < -0.3 is 28.6 Å². The fourth-order valence-corrected chi connectivity index (χ4v) is 4.61. The molecule has 1 atom stereocenters. The summed E-state index contributed by atoms with van der Waals surface area (Å²) >= 11 is 0. The van der Waals surface area contributed by atoms with Crippen molar-refractivity contribution in [2.45, 2.75) is 45.4 Å². The first kappa shape index (κ1) is 27.9. The normalized spacial score (nSPS) is 18.2. The summed E-state index contributed by atoms with van der Waals surface area (Å²) < 4.78 is 38.8. The topological polar surface area (TPSA) is 78.2 Å². The fraction of sp³-hybridized carbons (Fsp3) is 0.483. The molecule has 1 fully saturated rings. The van der Waals surface area contributed by atoms with Crippen molar-refractivity contribution in [3.05, 3.63) is 71.6 Å². The second kappa shape index (κ2) is 13.1. The molecule has 8 nitrogen and oxygen atoms in total. The summed E-state index contributed by atoms with van der Waals surface area (Å²) in [6.45, 7) is 7.59. The van der Waals surface area contributed by atoms with Gasteiger partial charge in [-0.3, -0.25) is 4.90 Å². The van der Waals surface area contributed by atoms with E-state index in [2.05, 4.69) is 21.4 Å². The number of hydrogen-bond acceptors (Lipinski definition) is 7. The Morgan fingerprint density at radius 1 is 1.16 bits per heavy atom. The van der Waals surface area contributed by atoms with Gasteiger partial charge in [-0.1, -0.05) is 13.0 Å². The predicted octanol–water partition coefficient (Wildman–Crippen LogP) is 4.01. The molecule has 0 amide bonds. The molecule has 38 heavy (non-hydrogen) atoms. The summed E-state index contributed by atoms with van der Waals surface area (Å²) in [6, 6.07) is 10.5. The van der Waals surface area contributed by atoms with Gasteiger partial charge >= 0.3 is 0 Å². The van der Waals surface area contributed by atoms with Crippen molar-refractivity contribution in [3.63, 3.8) is 0 Å². The molecule has 2 aromatic carbocycles. The second-order valence-corrected chi connectivity index (χ2v) is 9.76. The molecule has 0 radical (unpaired) electrons. The Morgan fingerprint density at radius 3 is 2.82 bits per heavy atom. The number of benzene rings is 2. The molecule has 0 aliphatic carbocycles. The van der Waals surface area contributed by atoms with Gasteiger partial charge in [0, 0.05) is 45.0 Å². The van der Waals surface area contributed by atoms with Gasteiger partial charge in [-0.05, 0) is 54.8 Å². The minimum Gasteiger partial charge on any atom is -0.493 e. The van der Waals surface area contributed by atoms with Gasteiger partial charge in [-0.2, -0.15) is 0 Å². The van der Waals surface area contributed by atoms with Crippen LogP contribution >= 0.6 is 0 Å². The van der Waals surface area contributed by atoms with E-state index in [1.54, 1.807) is 26.2 Å². The fourth-order valence-electron chi connectivity index (χ4n) is 4.61. The predicted molar refractivity (Wildman–Crippen MR) is 142 cm³/mol. The van der Waals surface area contributed by atoms with E-state index in [1.165, 1.54) is 6.07 Å². The third kappa shape index (κ3) is 7.46. The molecule has 0 unspecified atom stereocenters. The maximum atomic E-state index is 13.6. The maximum Gasteiger partial charge on any atom is 0.161 e. The number of aromatic nitrogens is 2. The van der Waals surface area contributed by atoms with E-state index < -0.39 is 5.60 Å². The Morgan fingerprint density at radius 2 is 2.03 bits per heavy atom. The Balaban J connectivity index is 1.32. The van der Waals surface area contributed by atoms with Crippen molar-refractivity contribution in [1.29, 1.82) is 0 Å². The highest BCUT2D eigenvalue weighted by Crippen LogP contribution is 2.29. The number of aliphatic hydroxyl groups is 1. The van der Waals surface area contributed by atoms with E-state index in [0.29, 0.717) is 55.7 Å². The molecule has 3 aromatic rings. The van der Waals surface area contributed by atoms with Crippen LogP contribution in [0.4, 0.5) is 4.39 Å². The summed E-state index contributed by atoms with van der Waals surface area (Å²) in [5.74, 6) is 2.69. The highest BCUT2D eigenvalue weighted by atomic mass is 19.1. The average Bonchev–Trinajstić information content (AvgIpc) is 3.29. The van der Waals surface area contributed by atoms with Gasteiger partial charge in [0.2, 0.25) is 0 Å². The Bertz CT molecular complexity index is 1190. The standard InChI is InChI=1S/C29H38FN3O5/c1-4-28-31-10-12-33(28)11-5-14-37-26-9-6-23(17-27(26)35-3)18-32-13-15-36-20-29(34,19-32)21-38-24-7-8-25(30)22(2)16-24/h6-10,12,16-17,34H,4-5,11,13-15,18-21H2,1-3H3/t29-/m0/s1. The molecule has 206 valence electrons. The average molecular weight is 528 g/mol. The van der Waals surface area contributed by atoms with Crippen LogP contribution in [-0.2, 0) is 24.2 Å². The molecule has 0 bridgehead atoms. The van der Waals surface area contributed by atoms with Gasteiger partial charge in [0.1, 0.15) is 29.6 Å². The molecule has 1 saturated heterocycles. The molecule has 1 aliphatic rings. The quantitative estimate of drug-likeness (QED) is 0.357. The summed E-state index contributed by atoms with van der Waals surface area (Å²) in [5.41, 5.74) is 0.344. The number of nitrogens with zero attached hydrogens (tertiary/aromatic N) is 3. The highest BCUT2D eigenvalue weighted by Gasteiger charge is 2.33. The maximum absolute atomic E-state index is 13.6. The zero-order valence-electron chi connectivity index (χ0n) is 22.5. The first-order chi connectivity index (χ1) is 18.4. The minimum absolute atomic E-state index is 0.0451. The van der Waals surface area contributed by atoms with Gasteiger partial charge in [0.25, 0.3) is 0 Å². The molecular formula is C29H38FN3O5. The van der Waals surface area contributed by atoms with E-state index in [0.717, 1.165) is 30.8 Å². The molecule has 9 heteroatoms. The number of hydrogen-bond donors (Lipinski definition) is 1. The molecule has 0 saturated carbocycles. The van der Waals surface area contributed by atoms with Gasteiger partial charge in [-0.25, -0.2) is 9.37 Å². The van der Waals surface area contributed by atoms with Crippen molar-refractivity contribution < 1.29 is 28.4 Å². The Labute approximate surface area is 223 Å². The van der Waals surface area contributed by atoms with E-state index in [1.807, 2.05) is 30.6 Å². The summed E-state index contributed by atoms with van der Waals surface area (Å²) in [6.07, 6.45) is 5.60. The highest BCUT2D eigenvalue weighted by molar-refractivity contribution is 5.43. The lowest BCUT2D eigenvalue weighted by atomic mass is 10.1. The first-order valence-corrected chi connectivity index (χ1v) is 13.1. The third-order valence-corrected chi connectivity index (χ3v) is 6.63. The monoisotopic (exact) mass is 527 g/mol. The number of aryl methyl sites for hydroxylation is 3. The molecular weight excluding hydrogens is 489 g/mol. The van der Waals surface area contributed by atoms with Crippen molar-refractivity contribution in [1.82, 2.24) is 14.5 Å². The summed E-state index contributed by atoms with van der Waals surface area (Å²) in [5, 5.41) is 11.2. The van der Waals surface area contributed by atoms with Crippen molar-refractivity contribution in [2.75, 3.05) is 46.6 Å².